The summed E-state index contributed by atoms with van der Waals surface area (Å²) in [5.41, 5.74) is 1.48. The third-order valence-electron chi connectivity index (χ3n) is 2.99. The average molecular weight is 237 g/mol. The smallest absolute Gasteiger partial charge is 0.101 e. The molecule has 1 saturated heterocycles. The number of benzene rings is 1. The van der Waals surface area contributed by atoms with Crippen molar-refractivity contribution in [3.05, 3.63) is 28.8 Å². The molecule has 0 saturated carbocycles. The highest BCUT2D eigenvalue weighted by molar-refractivity contribution is 6.32. The lowest BCUT2D eigenvalue weighted by Gasteiger charge is -2.25. The van der Waals surface area contributed by atoms with Gasteiger partial charge in [0, 0.05) is 12.2 Å². The van der Waals surface area contributed by atoms with Crippen LogP contribution in [0.3, 0.4) is 0 Å². The van der Waals surface area contributed by atoms with E-state index in [1.807, 2.05) is 12.1 Å². The van der Waals surface area contributed by atoms with Crippen molar-refractivity contribution in [2.75, 3.05) is 18.1 Å². The summed E-state index contributed by atoms with van der Waals surface area (Å²) in [6.07, 6.45) is 2.09. The molecular formula is C12H13ClN2O. The van der Waals surface area contributed by atoms with Crippen molar-refractivity contribution < 1.29 is 5.11 Å². The van der Waals surface area contributed by atoms with Gasteiger partial charge < -0.3 is 10.0 Å². The lowest BCUT2D eigenvalue weighted by Crippen LogP contribution is -2.31. The van der Waals surface area contributed by atoms with Gasteiger partial charge in [-0.1, -0.05) is 11.6 Å². The molecule has 1 N–H and O–H groups in total. The minimum absolute atomic E-state index is 0.164. The van der Waals surface area contributed by atoms with Crippen molar-refractivity contribution in [2.45, 2.75) is 18.9 Å². The van der Waals surface area contributed by atoms with Gasteiger partial charge >= 0.3 is 0 Å². The molecular weight excluding hydrogens is 224 g/mol. The number of nitriles is 1. The van der Waals surface area contributed by atoms with E-state index in [1.165, 1.54) is 0 Å². The van der Waals surface area contributed by atoms with Crippen LogP contribution in [0.25, 0.3) is 0 Å². The molecule has 84 valence electrons. The zero-order valence-electron chi connectivity index (χ0n) is 8.86. The summed E-state index contributed by atoms with van der Waals surface area (Å²) in [5.74, 6) is 0. The molecule has 1 aliphatic heterocycles. The van der Waals surface area contributed by atoms with Crippen LogP contribution in [0.2, 0.25) is 5.02 Å². The standard InChI is InChI=1S/C12H13ClN2O/c13-12-6-10(4-3-9(12)7-14)15-5-1-2-11(15)8-16/h3-4,6,11,16H,1-2,5,8H2/t11-/m1/s1. The van der Waals surface area contributed by atoms with Gasteiger partial charge in [-0.25, -0.2) is 0 Å². The van der Waals surface area contributed by atoms with Crippen molar-refractivity contribution >= 4 is 17.3 Å². The molecule has 4 heteroatoms. The Kier molecular flexibility index (Phi) is 3.33. The molecule has 3 nitrogen and oxygen atoms in total. The Morgan fingerprint density at radius 1 is 1.56 bits per heavy atom. The monoisotopic (exact) mass is 236 g/mol. The van der Waals surface area contributed by atoms with E-state index in [1.54, 1.807) is 12.1 Å². The molecule has 1 heterocycles. The van der Waals surface area contributed by atoms with E-state index >= 15 is 0 Å². The summed E-state index contributed by atoms with van der Waals surface area (Å²) in [6, 6.07) is 7.64. The zero-order chi connectivity index (χ0) is 11.5. The van der Waals surface area contributed by atoms with E-state index in [2.05, 4.69) is 4.90 Å². The number of hydrogen-bond acceptors (Lipinski definition) is 3. The van der Waals surface area contributed by atoms with E-state index in [0.29, 0.717) is 10.6 Å². The first-order valence-corrected chi connectivity index (χ1v) is 5.71. The van der Waals surface area contributed by atoms with Gasteiger partial charge in [-0.15, -0.1) is 0 Å². The first-order chi connectivity index (χ1) is 7.76. The Balaban J connectivity index is 2.28. The molecule has 0 aliphatic carbocycles. The molecule has 0 amide bonds. The summed E-state index contributed by atoms with van der Waals surface area (Å²) in [6.45, 7) is 1.10. The van der Waals surface area contributed by atoms with Crippen LogP contribution in [0.15, 0.2) is 18.2 Å². The van der Waals surface area contributed by atoms with Gasteiger partial charge in [0.15, 0.2) is 0 Å². The van der Waals surface area contributed by atoms with Crippen molar-refractivity contribution in [1.82, 2.24) is 0 Å². The van der Waals surface area contributed by atoms with Crippen molar-refractivity contribution in [2.24, 2.45) is 0 Å². The second-order valence-electron chi connectivity index (χ2n) is 3.95. The van der Waals surface area contributed by atoms with Crippen molar-refractivity contribution in [3.63, 3.8) is 0 Å². The number of rotatable bonds is 2. The Morgan fingerprint density at radius 2 is 2.38 bits per heavy atom. The van der Waals surface area contributed by atoms with Crippen LogP contribution in [0.1, 0.15) is 18.4 Å². The SMILES string of the molecule is N#Cc1ccc(N2CCC[C@@H]2CO)cc1Cl. The van der Waals surface area contributed by atoms with Crippen LogP contribution in [0, 0.1) is 11.3 Å². The summed E-state index contributed by atoms with van der Waals surface area (Å²) in [7, 11) is 0. The Labute approximate surface area is 99.9 Å². The van der Waals surface area contributed by atoms with Crippen LogP contribution in [-0.4, -0.2) is 24.3 Å². The van der Waals surface area contributed by atoms with Crippen LogP contribution >= 0.6 is 11.6 Å². The second-order valence-corrected chi connectivity index (χ2v) is 4.36. The molecule has 1 fully saturated rings. The molecule has 0 spiro atoms. The summed E-state index contributed by atoms with van der Waals surface area (Å²) in [4.78, 5) is 2.15. The predicted octanol–water partition coefficient (Wildman–Crippen LogP) is 2.17. The molecule has 1 aliphatic rings. The highest BCUT2D eigenvalue weighted by Gasteiger charge is 2.24. The highest BCUT2D eigenvalue weighted by Crippen LogP contribution is 2.28. The molecule has 0 radical (unpaired) electrons. The number of anilines is 1. The third-order valence-corrected chi connectivity index (χ3v) is 3.31. The lowest BCUT2D eigenvalue weighted by molar-refractivity contribution is 0.266. The fraction of sp³-hybridized carbons (Fsp3) is 0.417. The van der Waals surface area contributed by atoms with Gasteiger partial charge in [-0.05, 0) is 31.0 Å². The largest absolute Gasteiger partial charge is 0.394 e. The van der Waals surface area contributed by atoms with Crippen LogP contribution in [0.5, 0.6) is 0 Å². The van der Waals surface area contributed by atoms with Gasteiger partial charge in [-0.2, -0.15) is 5.26 Å². The molecule has 1 aromatic rings. The van der Waals surface area contributed by atoms with Crippen molar-refractivity contribution in [1.29, 1.82) is 5.26 Å². The highest BCUT2D eigenvalue weighted by atomic mass is 35.5. The molecule has 1 aromatic carbocycles. The van der Waals surface area contributed by atoms with Gasteiger partial charge in [-0.3, -0.25) is 0 Å². The maximum atomic E-state index is 9.24. The van der Waals surface area contributed by atoms with Gasteiger partial charge in [0.05, 0.1) is 23.2 Å². The van der Waals surface area contributed by atoms with E-state index in [4.69, 9.17) is 16.9 Å². The predicted molar refractivity (Wildman–Crippen MR) is 63.6 cm³/mol. The molecule has 0 bridgehead atoms. The molecule has 2 rings (SSSR count). The molecule has 1 atom stereocenters. The van der Waals surface area contributed by atoms with E-state index in [9.17, 15) is 5.11 Å². The fourth-order valence-electron chi connectivity index (χ4n) is 2.14. The average Bonchev–Trinajstić information content (AvgIpc) is 2.77. The quantitative estimate of drug-likeness (QED) is 0.856. The Bertz CT molecular complexity index is 428. The van der Waals surface area contributed by atoms with E-state index in [-0.39, 0.29) is 12.6 Å². The van der Waals surface area contributed by atoms with Gasteiger partial charge in [0.2, 0.25) is 0 Å². The van der Waals surface area contributed by atoms with E-state index < -0.39 is 0 Å². The number of nitrogens with zero attached hydrogens (tertiary/aromatic N) is 2. The van der Waals surface area contributed by atoms with Gasteiger partial charge in [0.1, 0.15) is 6.07 Å². The normalized spacial score (nSPS) is 19.8. The van der Waals surface area contributed by atoms with Gasteiger partial charge in [0.25, 0.3) is 0 Å². The maximum absolute atomic E-state index is 9.24. The third kappa shape index (κ3) is 1.99. The second kappa shape index (κ2) is 4.73. The number of hydrogen-bond donors (Lipinski definition) is 1. The molecule has 0 aromatic heterocycles. The summed E-state index contributed by atoms with van der Waals surface area (Å²) >= 11 is 5.99. The Morgan fingerprint density at radius 3 is 3.00 bits per heavy atom. The molecule has 16 heavy (non-hydrogen) atoms. The number of aliphatic hydroxyl groups excluding tert-OH is 1. The molecule has 0 unspecified atom stereocenters. The van der Waals surface area contributed by atoms with Crippen LogP contribution < -0.4 is 4.90 Å². The summed E-state index contributed by atoms with van der Waals surface area (Å²) in [5, 5.41) is 18.5. The minimum Gasteiger partial charge on any atom is -0.394 e. The zero-order valence-corrected chi connectivity index (χ0v) is 9.61. The van der Waals surface area contributed by atoms with E-state index in [0.717, 1.165) is 25.1 Å². The van der Waals surface area contributed by atoms with Crippen LogP contribution in [0.4, 0.5) is 5.69 Å². The Hall–Kier alpha value is -1.24. The maximum Gasteiger partial charge on any atom is 0.101 e. The minimum atomic E-state index is 0.164. The summed E-state index contributed by atoms with van der Waals surface area (Å²) < 4.78 is 0. The first kappa shape index (κ1) is 11.3. The topological polar surface area (TPSA) is 47.3 Å². The van der Waals surface area contributed by atoms with Crippen LogP contribution in [-0.2, 0) is 0 Å². The lowest BCUT2D eigenvalue weighted by atomic mass is 10.2. The number of aliphatic hydroxyl groups is 1. The first-order valence-electron chi connectivity index (χ1n) is 5.33. The fourth-order valence-corrected chi connectivity index (χ4v) is 2.36. The van der Waals surface area contributed by atoms with Crippen molar-refractivity contribution in [3.8, 4) is 6.07 Å². The number of halogens is 1.